The molecule has 2 rings (SSSR count). The molecule has 0 spiro atoms. The summed E-state index contributed by atoms with van der Waals surface area (Å²) >= 11 is 6.15. The summed E-state index contributed by atoms with van der Waals surface area (Å²) in [5.74, 6) is 0.856. The highest BCUT2D eigenvalue weighted by Gasteiger charge is 2.20. The van der Waals surface area contributed by atoms with E-state index in [1.54, 1.807) is 17.0 Å². The zero-order valence-corrected chi connectivity index (χ0v) is 12.3. The van der Waals surface area contributed by atoms with Crippen molar-refractivity contribution < 1.29 is 14.3 Å². The molecule has 0 atom stereocenters. The normalized spacial score (nSPS) is 14.4. The second-order valence-electron chi connectivity index (χ2n) is 4.69. The number of nitrogens with two attached hydrogens (primary N) is 1. The Bertz CT molecular complexity index is 488. The van der Waals surface area contributed by atoms with Gasteiger partial charge in [-0.15, -0.1) is 0 Å². The number of benzene rings is 1. The maximum absolute atomic E-state index is 11.9. The maximum Gasteiger partial charge on any atom is 0.260 e. The minimum Gasteiger partial charge on any atom is -0.493 e. The summed E-state index contributed by atoms with van der Waals surface area (Å²) in [5, 5.41) is 0.402. The van der Waals surface area contributed by atoms with Gasteiger partial charge in [0.15, 0.2) is 18.1 Å². The Labute approximate surface area is 123 Å². The molecule has 0 radical (unpaired) electrons. The minimum absolute atomic E-state index is 0.0245. The number of hydrogen-bond donors (Lipinski definition) is 1. The van der Waals surface area contributed by atoms with E-state index in [0.717, 1.165) is 31.5 Å². The van der Waals surface area contributed by atoms with E-state index in [-0.39, 0.29) is 12.5 Å². The molecule has 2 N–H and O–H groups in total. The van der Waals surface area contributed by atoms with Crippen LogP contribution in [0, 0.1) is 0 Å². The molecular weight excluding hydrogens is 280 g/mol. The third kappa shape index (κ3) is 3.35. The molecule has 0 aromatic heterocycles. The molecule has 1 amide bonds. The summed E-state index contributed by atoms with van der Waals surface area (Å²) in [6.07, 6.45) is 2.11. The molecule has 6 heteroatoms. The summed E-state index contributed by atoms with van der Waals surface area (Å²) in [6, 6.07) is 3.49. The average molecular weight is 299 g/mol. The number of amides is 1. The molecule has 1 aliphatic heterocycles. The van der Waals surface area contributed by atoms with Gasteiger partial charge in [-0.05, 0) is 30.5 Å². The first kappa shape index (κ1) is 14.9. The van der Waals surface area contributed by atoms with Crippen molar-refractivity contribution in [2.45, 2.75) is 19.4 Å². The Morgan fingerprint density at radius 1 is 1.40 bits per heavy atom. The van der Waals surface area contributed by atoms with Crippen LogP contribution in [0.15, 0.2) is 12.1 Å². The number of likely N-dealkylation sites (tertiary alicyclic amines) is 1. The Hall–Kier alpha value is -1.46. The Morgan fingerprint density at radius 3 is 2.70 bits per heavy atom. The van der Waals surface area contributed by atoms with Crippen molar-refractivity contribution in [2.24, 2.45) is 5.73 Å². The molecule has 1 saturated heterocycles. The molecule has 1 fully saturated rings. The molecule has 1 aliphatic rings. The van der Waals surface area contributed by atoms with Crippen molar-refractivity contribution in [2.75, 3.05) is 26.8 Å². The number of carbonyl (C=O) groups is 1. The fourth-order valence-electron chi connectivity index (χ4n) is 2.22. The van der Waals surface area contributed by atoms with E-state index in [0.29, 0.717) is 23.1 Å². The number of methoxy groups -OCH3 is 1. The molecular formula is C14H19ClN2O3. The predicted octanol–water partition coefficient (Wildman–Crippen LogP) is 1.81. The van der Waals surface area contributed by atoms with E-state index < -0.39 is 0 Å². The van der Waals surface area contributed by atoms with E-state index in [9.17, 15) is 4.79 Å². The molecule has 1 aromatic rings. The highest BCUT2D eigenvalue weighted by molar-refractivity contribution is 6.32. The van der Waals surface area contributed by atoms with Gasteiger partial charge in [-0.1, -0.05) is 11.6 Å². The van der Waals surface area contributed by atoms with Crippen molar-refractivity contribution in [3.8, 4) is 11.5 Å². The first-order chi connectivity index (χ1) is 9.65. The van der Waals surface area contributed by atoms with Crippen molar-refractivity contribution in [3.63, 3.8) is 0 Å². The van der Waals surface area contributed by atoms with Crippen LogP contribution in [0.3, 0.4) is 0 Å². The van der Waals surface area contributed by atoms with E-state index in [4.69, 9.17) is 26.8 Å². The van der Waals surface area contributed by atoms with Gasteiger partial charge in [-0.25, -0.2) is 0 Å². The van der Waals surface area contributed by atoms with Gasteiger partial charge < -0.3 is 20.1 Å². The van der Waals surface area contributed by atoms with Crippen molar-refractivity contribution in [1.29, 1.82) is 0 Å². The summed E-state index contributed by atoms with van der Waals surface area (Å²) < 4.78 is 10.8. The molecule has 5 nitrogen and oxygen atoms in total. The lowest BCUT2D eigenvalue weighted by molar-refractivity contribution is -0.132. The van der Waals surface area contributed by atoms with E-state index in [1.807, 2.05) is 0 Å². The van der Waals surface area contributed by atoms with E-state index >= 15 is 0 Å². The summed E-state index contributed by atoms with van der Waals surface area (Å²) in [5.41, 5.74) is 6.43. The van der Waals surface area contributed by atoms with E-state index in [1.165, 1.54) is 7.11 Å². The average Bonchev–Trinajstić information content (AvgIpc) is 2.99. The smallest absolute Gasteiger partial charge is 0.260 e. The number of carbonyl (C=O) groups excluding carboxylic acids is 1. The Balaban J connectivity index is 2.06. The van der Waals surface area contributed by atoms with Gasteiger partial charge in [0.2, 0.25) is 0 Å². The van der Waals surface area contributed by atoms with Crippen molar-refractivity contribution in [3.05, 3.63) is 22.7 Å². The Kier molecular flexibility index (Phi) is 5.09. The zero-order chi connectivity index (χ0) is 14.5. The Morgan fingerprint density at radius 2 is 2.10 bits per heavy atom. The maximum atomic E-state index is 11.9. The molecule has 0 bridgehead atoms. The summed E-state index contributed by atoms with van der Waals surface area (Å²) in [4.78, 5) is 13.7. The van der Waals surface area contributed by atoms with Gasteiger partial charge in [0.25, 0.3) is 5.91 Å². The molecule has 1 aromatic carbocycles. The third-order valence-electron chi connectivity index (χ3n) is 3.32. The number of nitrogens with zero attached hydrogens (tertiary/aromatic N) is 1. The SMILES string of the molecule is COc1cc(CN)cc(Cl)c1OCC(=O)N1CCCC1. The highest BCUT2D eigenvalue weighted by Crippen LogP contribution is 2.36. The van der Waals surface area contributed by atoms with Crippen LogP contribution >= 0.6 is 11.6 Å². The largest absolute Gasteiger partial charge is 0.493 e. The molecule has 110 valence electrons. The van der Waals surface area contributed by atoms with Gasteiger partial charge in [-0.3, -0.25) is 4.79 Å². The molecule has 20 heavy (non-hydrogen) atoms. The van der Waals surface area contributed by atoms with Crippen LogP contribution < -0.4 is 15.2 Å². The van der Waals surface area contributed by atoms with Crippen LogP contribution in [0.1, 0.15) is 18.4 Å². The van der Waals surface area contributed by atoms with Gasteiger partial charge in [-0.2, -0.15) is 0 Å². The number of hydrogen-bond acceptors (Lipinski definition) is 4. The zero-order valence-electron chi connectivity index (χ0n) is 11.5. The molecule has 0 saturated carbocycles. The van der Waals surface area contributed by atoms with Crippen LogP contribution in [0.2, 0.25) is 5.02 Å². The van der Waals surface area contributed by atoms with Crippen LogP contribution in [0.5, 0.6) is 11.5 Å². The second-order valence-corrected chi connectivity index (χ2v) is 5.10. The lowest BCUT2D eigenvalue weighted by Gasteiger charge is -2.17. The first-order valence-electron chi connectivity index (χ1n) is 6.62. The fraction of sp³-hybridized carbons (Fsp3) is 0.500. The van der Waals surface area contributed by atoms with Gasteiger partial charge in [0.1, 0.15) is 0 Å². The second kappa shape index (κ2) is 6.81. The van der Waals surface area contributed by atoms with E-state index in [2.05, 4.69) is 0 Å². The van der Waals surface area contributed by atoms with Crippen LogP contribution in [-0.4, -0.2) is 37.6 Å². The highest BCUT2D eigenvalue weighted by atomic mass is 35.5. The predicted molar refractivity (Wildman–Crippen MR) is 77.2 cm³/mol. The summed E-state index contributed by atoms with van der Waals surface area (Å²) in [7, 11) is 1.53. The minimum atomic E-state index is -0.0297. The number of halogens is 1. The number of rotatable bonds is 5. The molecule has 0 aliphatic carbocycles. The van der Waals surface area contributed by atoms with Crippen molar-refractivity contribution >= 4 is 17.5 Å². The van der Waals surface area contributed by atoms with Gasteiger partial charge in [0, 0.05) is 19.6 Å². The van der Waals surface area contributed by atoms with Crippen LogP contribution in [-0.2, 0) is 11.3 Å². The number of ether oxygens (including phenoxy) is 2. The van der Waals surface area contributed by atoms with Crippen LogP contribution in [0.4, 0.5) is 0 Å². The first-order valence-corrected chi connectivity index (χ1v) is 7.00. The lowest BCUT2D eigenvalue weighted by atomic mass is 10.2. The van der Waals surface area contributed by atoms with Gasteiger partial charge in [0.05, 0.1) is 12.1 Å². The third-order valence-corrected chi connectivity index (χ3v) is 3.60. The quantitative estimate of drug-likeness (QED) is 0.900. The summed E-state index contributed by atoms with van der Waals surface area (Å²) in [6.45, 7) is 1.94. The lowest BCUT2D eigenvalue weighted by Crippen LogP contribution is -2.32. The van der Waals surface area contributed by atoms with Crippen molar-refractivity contribution in [1.82, 2.24) is 4.90 Å². The van der Waals surface area contributed by atoms with Gasteiger partial charge >= 0.3 is 0 Å². The monoisotopic (exact) mass is 298 g/mol. The standard InChI is InChI=1S/C14H19ClN2O3/c1-19-12-7-10(8-16)6-11(15)14(12)20-9-13(18)17-4-2-3-5-17/h6-7H,2-5,8-9,16H2,1H3. The fourth-order valence-corrected chi connectivity index (χ4v) is 2.51. The topological polar surface area (TPSA) is 64.8 Å². The molecule has 1 heterocycles. The molecule has 0 unspecified atom stereocenters. The van der Waals surface area contributed by atoms with Crippen LogP contribution in [0.25, 0.3) is 0 Å².